The number of aromatic nitrogens is 2. The van der Waals surface area contributed by atoms with Crippen molar-refractivity contribution in [2.24, 2.45) is 5.41 Å². The van der Waals surface area contributed by atoms with Crippen LogP contribution in [-0.4, -0.2) is 40.0 Å². The molecule has 0 bridgehead atoms. The van der Waals surface area contributed by atoms with Crippen LogP contribution in [0.3, 0.4) is 0 Å². The third-order valence-electron chi connectivity index (χ3n) is 5.71. The van der Waals surface area contributed by atoms with Gasteiger partial charge in [0.05, 0.1) is 27.8 Å². The molecule has 2 heterocycles. The summed E-state index contributed by atoms with van der Waals surface area (Å²) in [5, 5.41) is 16.6. The highest BCUT2D eigenvalue weighted by Gasteiger charge is 2.39. The van der Waals surface area contributed by atoms with Crippen molar-refractivity contribution in [3.05, 3.63) is 54.5 Å². The zero-order chi connectivity index (χ0) is 22.5. The third kappa shape index (κ3) is 3.46. The van der Waals surface area contributed by atoms with Gasteiger partial charge in [-0.3, -0.25) is 14.4 Å². The van der Waals surface area contributed by atoms with E-state index in [-0.39, 0.29) is 40.0 Å². The Morgan fingerprint density at radius 2 is 1.94 bits per heavy atom. The number of pyridine rings is 1. The van der Waals surface area contributed by atoms with Gasteiger partial charge in [0.1, 0.15) is 11.4 Å². The minimum absolute atomic E-state index is 0.0576. The molecule has 0 saturated carbocycles. The number of anilines is 3. The van der Waals surface area contributed by atoms with Crippen LogP contribution in [0.5, 0.6) is 5.75 Å². The second kappa shape index (κ2) is 7.45. The molecule has 0 radical (unpaired) electrons. The molecule has 1 aromatic carbocycles. The zero-order valence-corrected chi connectivity index (χ0v) is 18.5. The Balaban J connectivity index is 1.67. The number of fused-ring (bicyclic) bond motifs is 1. The van der Waals surface area contributed by atoms with E-state index >= 15 is 0 Å². The molecular formula is C21H23N5O4S. The van der Waals surface area contributed by atoms with E-state index in [0.717, 1.165) is 23.4 Å². The molecule has 2 aromatic heterocycles. The van der Waals surface area contributed by atoms with Gasteiger partial charge in [0.2, 0.25) is 0 Å². The topological polar surface area (TPSA) is 125 Å². The fraction of sp³-hybridized carbons (Fsp3) is 0.381. The summed E-state index contributed by atoms with van der Waals surface area (Å²) in [6, 6.07) is 1.26. The lowest BCUT2D eigenvalue weighted by Crippen LogP contribution is -2.41. The lowest BCUT2D eigenvalue weighted by Gasteiger charge is -2.39. The van der Waals surface area contributed by atoms with Gasteiger partial charge >= 0.3 is 0 Å². The summed E-state index contributed by atoms with van der Waals surface area (Å²) < 4.78 is 0. The molecule has 31 heavy (non-hydrogen) atoms. The van der Waals surface area contributed by atoms with Crippen LogP contribution in [-0.2, 0) is 6.42 Å². The smallest absolute Gasteiger partial charge is 0.275 e. The Morgan fingerprint density at radius 3 is 2.65 bits per heavy atom. The van der Waals surface area contributed by atoms with Crippen LogP contribution in [0, 0.1) is 5.41 Å². The molecule has 4 rings (SSSR count). The van der Waals surface area contributed by atoms with Crippen LogP contribution < -0.4 is 21.5 Å². The van der Waals surface area contributed by atoms with E-state index in [2.05, 4.69) is 34.4 Å². The van der Waals surface area contributed by atoms with E-state index in [1.54, 1.807) is 19.6 Å². The van der Waals surface area contributed by atoms with Crippen LogP contribution in [0.25, 0.3) is 0 Å². The van der Waals surface area contributed by atoms with Crippen LogP contribution in [0.1, 0.15) is 47.4 Å². The summed E-state index contributed by atoms with van der Waals surface area (Å²) in [4.78, 5) is 47.6. The molecule has 9 nitrogen and oxygen atoms in total. The number of carbonyl (C=O) groups is 1. The molecule has 3 N–H and O–H groups in total. The number of rotatable bonds is 5. The minimum atomic E-state index is -0.683. The number of aryl methyl sites for hydroxylation is 1. The van der Waals surface area contributed by atoms with Crippen molar-refractivity contribution in [3.8, 4) is 5.75 Å². The lowest BCUT2D eigenvalue weighted by molar-refractivity contribution is 0.0819. The Bertz CT molecular complexity index is 1240. The van der Waals surface area contributed by atoms with Gasteiger partial charge in [0, 0.05) is 20.3 Å². The maximum atomic E-state index is 12.4. The molecular weight excluding hydrogens is 418 g/mol. The fourth-order valence-electron chi connectivity index (χ4n) is 3.75. The number of hydrogen-bond donors (Lipinski definition) is 3. The van der Waals surface area contributed by atoms with Gasteiger partial charge in [0.25, 0.3) is 16.8 Å². The summed E-state index contributed by atoms with van der Waals surface area (Å²) in [5.41, 5.74) is 1.55. The van der Waals surface area contributed by atoms with E-state index in [9.17, 15) is 19.5 Å². The van der Waals surface area contributed by atoms with Crippen LogP contribution in [0.15, 0.2) is 27.4 Å². The second-order valence-corrected chi connectivity index (χ2v) is 9.40. The zero-order valence-electron chi connectivity index (χ0n) is 17.6. The van der Waals surface area contributed by atoms with E-state index < -0.39 is 16.8 Å². The van der Waals surface area contributed by atoms with Crippen molar-refractivity contribution in [3.63, 3.8) is 0 Å². The first kappa shape index (κ1) is 21.0. The average molecular weight is 442 g/mol. The van der Waals surface area contributed by atoms with Gasteiger partial charge in [-0.1, -0.05) is 13.8 Å². The van der Waals surface area contributed by atoms with Crippen molar-refractivity contribution < 1.29 is 9.90 Å². The normalized spacial score (nSPS) is 17.2. The number of thiazole rings is 1. The van der Waals surface area contributed by atoms with Gasteiger partial charge in [0.15, 0.2) is 11.4 Å². The number of hydrogen-bond acceptors (Lipinski definition) is 9. The molecule has 0 fully saturated rings. The molecule has 0 saturated heterocycles. The maximum Gasteiger partial charge on any atom is 0.275 e. The molecule has 1 amide bonds. The van der Waals surface area contributed by atoms with Crippen molar-refractivity contribution in [2.75, 3.05) is 24.7 Å². The molecule has 0 aliphatic heterocycles. The maximum absolute atomic E-state index is 12.4. The third-order valence-corrected chi connectivity index (χ3v) is 6.65. The number of nitrogens with zero attached hydrogens (tertiary/aromatic N) is 3. The van der Waals surface area contributed by atoms with Gasteiger partial charge in [-0.2, -0.15) is 0 Å². The van der Waals surface area contributed by atoms with Crippen molar-refractivity contribution >= 4 is 34.3 Å². The van der Waals surface area contributed by atoms with Gasteiger partial charge in [-0.05, 0) is 24.3 Å². The van der Waals surface area contributed by atoms with Gasteiger partial charge in [-0.25, -0.2) is 9.97 Å². The Morgan fingerprint density at radius 1 is 1.23 bits per heavy atom. The number of carbonyl (C=O) groups excluding carboxylic acids is 1. The summed E-state index contributed by atoms with van der Waals surface area (Å²) in [5.74, 6) is -0.867. The Labute approximate surface area is 182 Å². The Hall–Kier alpha value is -3.27. The molecule has 0 spiro atoms. The largest absolute Gasteiger partial charge is 0.504 e. The van der Waals surface area contributed by atoms with Crippen molar-refractivity contribution in [1.82, 2.24) is 14.9 Å². The van der Waals surface area contributed by atoms with Crippen LogP contribution in [0.4, 0.5) is 17.1 Å². The van der Waals surface area contributed by atoms with Gasteiger partial charge < -0.3 is 20.6 Å². The highest BCUT2D eigenvalue weighted by molar-refractivity contribution is 7.09. The summed E-state index contributed by atoms with van der Waals surface area (Å²) >= 11 is 1.53. The molecule has 1 aliphatic carbocycles. The van der Waals surface area contributed by atoms with Crippen LogP contribution in [0.2, 0.25) is 0 Å². The number of nitrogens with one attached hydrogen (secondary N) is 2. The molecule has 10 heteroatoms. The van der Waals surface area contributed by atoms with Crippen molar-refractivity contribution in [2.45, 2.75) is 32.7 Å². The van der Waals surface area contributed by atoms with E-state index in [1.807, 2.05) is 0 Å². The quantitative estimate of drug-likeness (QED) is 0.516. The standard InChI is InChI=1S/C21H23N5O4S/c1-21(2)7-5-11-18(31-9-23-11)19(21)25-13-12(16(28)17(13)29)24-10-6-8-22-14(15(10)27)20(30)26(3)4/h6,8-9,19,25,27H,5,7H2,1-4H3,(H,22,24). The molecule has 162 valence electrons. The molecule has 1 unspecified atom stereocenters. The van der Waals surface area contributed by atoms with Gasteiger partial charge in [-0.15, -0.1) is 11.3 Å². The SMILES string of the molecule is CN(C)C(=O)c1nccc(Nc2c(NC3c4scnc4CCC3(C)C)c(=O)c2=O)c1O. The molecule has 1 aliphatic rings. The number of aromatic hydroxyl groups is 1. The average Bonchev–Trinajstić information content (AvgIpc) is 3.20. The van der Waals surface area contributed by atoms with E-state index in [1.165, 1.54) is 28.5 Å². The summed E-state index contributed by atoms with van der Waals surface area (Å²) in [7, 11) is 3.09. The highest BCUT2D eigenvalue weighted by Crippen LogP contribution is 2.47. The number of amides is 1. The fourth-order valence-corrected chi connectivity index (χ4v) is 4.85. The Kier molecular flexibility index (Phi) is 5.04. The summed E-state index contributed by atoms with van der Waals surface area (Å²) in [6.45, 7) is 4.22. The molecule has 1 atom stereocenters. The first-order chi connectivity index (χ1) is 14.6. The van der Waals surface area contributed by atoms with E-state index in [4.69, 9.17) is 0 Å². The van der Waals surface area contributed by atoms with E-state index in [0.29, 0.717) is 0 Å². The minimum Gasteiger partial charge on any atom is -0.504 e. The second-order valence-electron chi connectivity index (χ2n) is 8.52. The van der Waals surface area contributed by atoms with Crippen LogP contribution >= 0.6 is 11.3 Å². The molecule has 3 aromatic rings. The summed E-state index contributed by atoms with van der Waals surface area (Å²) in [6.07, 6.45) is 3.11. The first-order valence-corrected chi connectivity index (χ1v) is 10.7. The first-order valence-electron chi connectivity index (χ1n) is 9.80. The predicted octanol–water partition coefficient (Wildman–Crippen LogP) is 2.41. The lowest BCUT2D eigenvalue weighted by atomic mass is 9.74. The highest BCUT2D eigenvalue weighted by atomic mass is 32.1. The predicted molar refractivity (Wildman–Crippen MR) is 119 cm³/mol. The van der Waals surface area contributed by atoms with Crippen molar-refractivity contribution in [1.29, 1.82) is 0 Å². The monoisotopic (exact) mass is 441 g/mol.